The summed E-state index contributed by atoms with van der Waals surface area (Å²) in [6.45, 7) is 0. The summed E-state index contributed by atoms with van der Waals surface area (Å²) in [6.07, 6.45) is 0.0124. The number of carbonyl (C=O) groups excluding carboxylic acids is 2. The van der Waals surface area contributed by atoms with E-state index >= 15 is 0 Å². The molecule has 4 aromatic carbocycles. The molecule has 202 valence electrons. The van der Waals surface area contributed by atoms with E-state index in [9.17, 15) is 49.8 Å². The van der Waals surface area contributed by atoms with Crippen molar-refractivity contribution in [2.24, 2.45) is 0 Å². The molecular formula is C31H18O10. The third-order valence-electron chi connectivity index (χ3n) is 8.70. The van der Waals surface area contributed by atoms with Crippen LogP contribution >= 0.6 is 0 Å². The molecule has 41 heavy (non-hydrogen) atoms. The lowest BCUT2D eigenvalue weighted by atomic mass is 9.63. The number of carbonyl (C=O) groups is 4. The van der Waals surface area contributed by atoms with Crippen LogP contribution < -0.4 is 0 Å². The number of ketones is 2. The van der Waals surface area contributed by atoms with Gasteiger partial charge in [0.05, 0.1) is 33.4 Å². The molecule has 0 saturated heterocycles. The van der Waals surface area contributed by atoms with E-state index in [2.05, 4.69) is 0 Å². The quantitative estimate of drug-likeness (QED) is 0.215. The Hall–Kier alpha value is -5.64. The molecule has 2 unspecified atom stereocenters. The van der Waals surface area contributed by atoms with E-state index < -0.39 is 57.3 Å². The Morgan fingerprint density at radius 3 is 1.27 bits per heavy atom. The molecular weight excluding hydrogens is 532 g/mol. The lowest BCUT2D eigenvalue weighted by molar-refractivity contribution is 0.0685. The molecule has 4 aromatic rings. The summed E-state index contributed by atoms with van der Waals surface area (Å²) in [5.41, 5.74) is -3.63. The van der Waals surface area contributed by atoms with Gasteiger partial charge in [-0.2, -0.15) is 0 Å². The van der Waals surface area contributed by atoms with Crippen LogP contribution in [0.4, 0.5) is 0 Å². The maximum absolute atomic E-state index is 13.7. The summed E-state index contributed by atoms with van der Waals surface area (Å²) in [6, 6.07) is 13.0. The van der Waals surface area contributed by atoms with Gasteiger partial charge in [-0.25, -0.2) is 9.59 Å². The minimum Gasteiger partial charge on any atom is -0.507 e. The van der Waals surface area contributed by atoms with Crippen molar-refractivity contribution in [1.29, 1.82) is 0 Å². The average Bonchev–Trinajstić information content (AvgIpc) is 3.60. The summed E-state index contributed by atoms with van der Waals surface area (Å²) in [5, 5.41) is 63.3. The largest absolute Gasteiger partial charge is 0.507 e. The predicted octanol–water partition coefficient (Wildman–Crippen LogP) is 3.67. The van der Waals surface area contributed by atoms with Crippen molar-refractivity contribution in [3.8, 4) is 23.0 Å². The summed E-state index contributed by atoms with van der Waals surface area (Å²) in [7, 11) is 0. The summed E-state index contributed by atoms with van der Waals surface area (Å²) < 4.78 is 0. The number of phenolic OH excluding ortho intramolecular Hbond substituents is 4. The number of carboxylic acids is 2. The molecule has 0 amide bonds. The third-order valence-corrected chi connectivity index (χ3v) is 8.70. The van der Waals surface area contributed by atoms with E-state index in [1.807, 2.05) is 0 Å². The number of rotatable bonds is 2. The van der Waals surface area contributed by atoms with E-state index in [-0.39, 0.29) is 62.1 Å². The molecule has 10 heteroatoms. The van der Waals surface area contributed by atoms with Crippen LogP contribution in [0, 0.1) is 0 Å². The first-order valence-electron chi connectivity index (χ1n) is 12.4. The maximum atomic E-state index is 13.7. The van der Waals surface area contributed by atoms with Crippen LogP contribution in [0.3, 0.4) is 0 Å². The number of hydrogen-bond acceptors (Lipinski definition) is 8. The Morgan fingerprint density at radius 1 is 0.537 bits per heavy atom. The molecule has 0 heterocycles. The van der Waals surface area contributed by atoms with Crippen molar-refractivity contribution in [2.45, 2.75) is 17.3 Å². The van der Waals surface area contributed by atoms with Gasteiger partial charge in [0.15, 0.2) is 0 Å². The molecule has 6 N–H and O–H groups in total. The van der Waals surface area contributed by atoms with Gasteiger partial charge in [-0.1, -0.05) is 24.3 Å². The number of phenols is 4. The zero-order valence-corrected chi connectivity index (χ0v) is 20.8. The highest BCUT2D eigenvalue weighted by Gasteiger charge is 2.76. The lowest BCUT2D eigenvalue weighted by Crippen LogP contribution is -2.36. The lowest BCUT2D eigenvalue weighted by Gasteiger charge is -2.38. The number of hydrogen-bond donors (Lipinski definition) is 6. The fraction of sp³-hybridized carbons (Fsp3) is 0.0968. The molecule has 10 nitrogen and oxygen atoms in total. The summed E-state index contributed by atoms with van der Waals surface area (Å²) in [4.78, 5) is 51.6. The Labute approximate surface area is 230 Å². The standard InChI is InChI=1S/C31H18O10/c32-18-5-1-3-14-22(18)26(36)24-16(7-12(28(38)39)9-20(24)34)30(14)11-31(30)15-4-2-6-19(33)23(15)27(37)25-17(31)8-13(29(40)41)10-21(25)35/h1-10,32-35H,11H2,(H,38,39)(H,40,41). The third kappa shape index (κ3) is 2.70. The van der Waals surface area contributed by atoms with Gasteiger partial charge in [0, 0.05) is 10.8 Å². The maximum Gasteiger partial charge on any atom is 0.335 e. The van der Waals surface area contributed by atoms with Gasteiger partial charge in [-0.05, 0) is 65.1 Å². The fourth-order valence-electron chi connectivity index (χ4n) is 7.11. The topological polar surface area (TPSA) is 190 Å². The van der Waals surface area contributed by atoms with Crippen LogP contribution in [0.15, 0.2) is 60.7 Å². The van der Waals surface area contributed by atoms with Crippen molar-refractivity contribution in [3.05, 3.63) is 116 Å². The van der Waals surface area contributed by atoms with Crippen LogP contribution in [-0.2, 0) is 10.8 Å². The molecule has 0 bridgehead atoms. The van der Waals surface area contributed by atoms with Crippen molar-refractivity contribution in [2.75, 3.05) is 0 Å². The first-order chi connectivity index (χ1) is 19.5. The number of fused-ring (bicyclic) bond motifs is 9. The van der Waals surface area contributed by atoms with Crippen LogP contribution in [0.25, 0.3) is 0 Å². The molecule has 3 aliphatic carbocycles. The smallest absolute Gasteiger partial charge is 0.335 e. The number of aromatic carboxylic acids is 2. The average molecular weight is 550 g/mol. The normalized spacial score (nSPS) is 21.2. The van der Waals surface area contributed by atoms with E-state index in [0.29, 0.717) is 0 Å². The molecule has 0 radical (unpaired) electrons. The van der Waals surface area contributed by atoms with Gasteiger partial charge in [0.1, 0.15) is 23.0 Å². The van der Waals surface area contributed by atoms with E-state index in [4.69, 9.17) is 0 Å². The highest BCUT2D eigenvalue weighted by atomic mass is 16.4. The SMILES string of the molecule is O=C(O)c1cc(O)c2c(c1)C1(CC13c1cccc(O)c1C(=O)c1c(O)cc(C(=O)O)cc13)c1cccc(O)c1C2=O. The molecule has 2 atom stereocenters. The number of aromatic hydroxyl groups is 4. The minimum absolute atomic E-state index is 0.0124. The minimum atomic E-state index is -1.44. The van der Waals surface area contributed by atoms with Crippen LogP contribution in [0.5, 0.6) is 23.0 Å². The van der Waals surface area contributed by atoms with Crippen LogP contribution in [0.2, 0.25) is 0 Å². The highest BCUT2D eigenvalue weighted by molar-refractivity contribution is 6.20. The van der Waals surface area contributed by atoms with Crippen molar-refractivity contribution in [3.63, 3.8) is 0 Å². The van der Waals surface area contributed by atoms with E-state index in [0.717, 1.165) is 12.1 Å². The van der Waals surface area contributed by atoms with E-state index in [1.165, 1.54) is 36.4 Å². The van der Waals surface area contributed by atoms with Gasteiger partial charge in [-0.15, -0.1) is 0 Å². The highest BCUT2D eigenvalue weighted by Crippen LogP contribution is 2.77. The number of carboxylic acid groups (broad SMARTS) is 2. The van der Waals surface area contributed by atoms with Crippen LogP contribution in [-0.4, -0.2) is 54.1 Å². The van der Waals surface area contributed by atoms with Gasteiger partial charge >= 0.3 is 11.9 Å². The molecule has 0 aliphatic heterocycles. The molecule has 7 rings (SSSR count). The van der Waals surface area contributed by atoms with Gasteiger partial charge in [0.25, 0.3) is 0 Å². The Kier molecular flexibility index (Phi) is 4.47. The second-order valence-corrected chi connectivity index (χ2v) is 10.5. The first kappa shape index (κ1) is 24.4. The summed E-state index contributed by atoms with van der Waals surface area (Å²) >= 11 is 0. The first-order valence-corrected chi connectivity index (χ1v) is 12.4. The predicted molar refractivity (Wildman–Crippen MR) is 139 cm³/mol. The van der Waals surface area contributed by atoms with Gasteiger partial charge in [0.2, 0.25) is 11.6 Å². The van der Waals surface area contributed by atoms with Gasteiger partial charge in [-0.3, -0.25) is 9.59 Å². The molecule has 2 spiro atoms. The summed E-state index contributed by atoms with van der Waals surface area (Å²) in [5.74, 6) is -6.33. The van der Waals surface area contributed by atoms with Gasteiger partial charge < -0.3 is 30.6 Å². The van der Waals surface area contributed by atoms with Crippen molar-refractivity contribution in [1.82, 2.24) is 0 Å². The van der Waals surface area contributed by atoms with Crippen LogP contribution in [0.1, 0.15) is 81.2 Å². The second-order valence-electron chi connectivity index (χ2n) is 10.5. The fourth-order valence-corrected chi connectivity index (χ4v) is 7.11. The molecule has 0 aromatic heterocycles. The van der Waals surface area contributed by atoms with E-state index in [1.54, 1.807) is 12.1 Å². The Morgan fingerprint density at radius 2 is 0.902 bits per heavy atom. The van der Waals surface area contributed by atoms with Crippen molar-refractivity contribution < 1.29 is 49.8 Å². The molecule has 1 saturated carbocycles. The zero-order chi connectivity index (χ0) is 29.2. The Balaban J connectivity index is 1.70. The number of benzene rings is 4. The molecule has 1 fully saturated rings. The zero-order valence-electron chi connectivity index (χ0n) is 20.8. The van der Waals surface area contributed by atoms with Crippen molar-refractivity contribution >= 4 is 23.5 Å². The molecule has 3 aliphatic rings. The second kappa shape index (κ2) is 7.51. The monoisotopic (exact) mass is 550 g/mol. The Bertz CT molecular complexity index is 1830.